The first-order valence-corrected chi connectivity index (χ1v) is 2.85. The largest absolute Gasteiger partial charge is 0.471 e. The standard InChI is InChI=1S/C6H5N3O/c1-3-10-4-2-9-6(1)7-5-8-9/h1-5H. The highest BCUT2D eigenvalue weighted by atomic mass is 16.5. The highest BCUT2D eigenvalue weighted by Gasteiger charge is 1.97. The number of ether oxygens (including phenoxy) is 1. The minimum absolute atomic E-state index is 0.772. The monoisotopic (exact) mass is 135 g/mol. The first-order valence-electron chi connectivity index (χ1n) is 2.85. The molecule has 2 heterocycles. The molecule has 0 saturated heterocycles. The second-order valence-electron chi connectivity index (χ2n) is 1.79. The molecule has 1 aromatic rings. The molecule has 50 valence electrons. The Balaban J connectivity index is 2.56. The van der Waals surface area contributed by atoms with Gasteiger partial charge in [-0.25, -0.2) is 9.67 Å². The van der Waals surface area contributed by atoms with Crippen molar-refractivity contribution in [3.63, 3.8) is 0 Å². The van der Waals surface area contributed by atoms with Gasteiger partial charge < -0.3 is 4.74 Å². The van der Waals surface area contributed by atoms with Crippen molar-refractivity contribution >= 4 is 12.3 Å². The summed E-state index contributed by atoms with van der Waals surface area (Å²) < 4.78 is 6.50. The lowest BCUT2D eigenvalue weighted by Gasteiger charge is -1.87. The van der Waals surface area contributed by atoms with Crippen molar-refractivity contribution in [1.29, 1.82) is 0 Å². The Morgan fingerprint density at radius 3 is 3.40 bits per heavy atom. The maximum Gasteiger partial charge on any atom is 0.158 e. The first-order chi connectivity index (χ1) is 4.97. The average molecular weight is 135 g/mol. The molecule has 2 rings (SSSR count). The molecule has 0 aromatic carbocycles. The van der Waals surface area contributed by atoms with E-state index in [4.69, 9.17) is 4.74 Å². The Bertz CT molecular complexity index is 260. The lowest BCUT2D eigenvalue weighted by atomic mass is 10.6. The average Bonchev–Trinajstić information content (AvgIpc) is 2.28. The van der Waals surface area contributed by atoms with Gasteiger partial charge in [-0.05, 0) is 0 Å². The smallest absolute Gasteiger partial charge is 0.158 e. The van der Waals surface area contributed by atoms with E-state index in [1.165, 1.54) is 6.33 Å². The van der Waals surface area contributed by atoms with E-state index in [9.17, 15) is 0 Å². The third-order valence-corrected chi connectivity index (χ3v) is 1.18. The Kier molecular flexibility index (Phi) is 1.04. The Hall–Kier alpha value is -1.58. The van der Waals surface area contributed by atoms with Gasteiger partial charge in [0.25, 0.3) is 0 Å². The minimum Gasteiger partial charge on any atom is -0.471 e. The molecule has 0 radical (unpaired) electrons. The molecule has 4 nitrogen and oxygen atoms in total. The van der Waals surface area contributed by atoms with Crippen LogP contribution in [0.4, 0.5) is 0 Å². The first kappa shape index (κ1) is 5.22. The van der Waals surface area contributed by atoms with Crippen LogP contribution >= 0.6 is 0 Å². The molecule has 0 N–H and O–H groups in total. The predicted molar refractivity (Wildman–Crippen MR) is 35.5 cm³/mol. The van der Waals surface area contributed by atoms with E-state index in [-0.39, 0.29) is 0 Å². The van der Waals surface area contributed by atoms with Crippen LogP contribution in [0.1, 0.15) is 5.82 Å². The van der Waals surface area contributed by atoms with Crippen molar-refractivity contribution in [2.75, 3.05) is 0 Å². The second-order valence-corrected chi connectivity index (χ2v) is 1.79. The molecular weight excluding hydrogens is 130 g/mol. The summed E-state index contributed by atoms with van der Waals surface area (Å²) in [5.41, 5.74) is 0. The molecule has 4 heteroatoms. The van der Waals surface area contributed by atoms with Gasteiger partial charge in [-0.2, -0.15) is 5.10 Å². The fourth-order valence-corrected chi connectivity index (χ4v) is 0.731. The third kappa shape index (κ3) is 0.699. The molecule has 0 amide bonds. The topological polar surface area (TPSA) is 39.9 Å². The van der Waals surface area contributed by atoms with Gasteiger partial charge in [0.1, 0.15) is 12.6 Å². The SMILES string of the molecule is C1=Cc2ncnn2C=CO1. The number of aromatic nitrogens is 3. The van der Waals surface area contributed by atoms with Crippen molar-refractivity contribution in [3.8, 4) is 0 Å². The lowest BCUT2D eigenvalue weighted by Crippen LogP contribution is -1.90. The van der Waals surface area contributed by atoms with Gasteiger partial charge in [0, 0.05) is 6.08 Å². The van der Waals surface area contributed by atoms with Crippen LogP contribution in [0, 0.1) is 0 Å². The highest BCUT2D eigenvalue weighted by Crippen LogP contribution is 2.01. The number of fused-ring (bicyclic) bond motifs is 1. The van der Waals surface area contributed by atoms with Crippen molar-refractivity contribution < 1.29 is 4.74 Å². The fraction of sp³-hybridized carbons (Fsp3) is 0. The Morgan fingerprint density at radius 2 is 2.40 bits per heavy atom. The third-order valence-electron chi connectivity index (χ3n) is 1.18. The van der Waals surface area contributed by atoms with Crippen LogP contribution in [0.3, 0.4) is 0 Å². The van der Waals surface area contributed by atoms with Gasteiger partial charge in [-0.15, -0.1) is 0 Å². The molecule has 0 bridgehead atoms. The Labute approximate surface area is 57.4 Å². The van der Waals surface area contributed by atoms with Crippen LogP contribution in [-0.2, 0) is 4.74 Å². The van der Waals surface area contributed by atoms with E-state index in [1.807, 2.05) is 0 Å². The van der Waals surface area contributed by atoms with E-state index >= 15 is 0 Å². The van der Waals surface area contributed by atoms with Gasteiger partial charge in [-0.1, -0.05) is 0 Å². The van der Waals surface area contributed by atoms with Crippen LogP contribution < -0.4 is 0 Å². The molecule has 1 aliphatic rings. The maximum absolute atomic E-state index is 4.87. The molecule has 0 atom stereocenters. The number of hydrogen-bond acceptors (Lipinski definition) is 3. The molecule has 10 heavy (non-hydrogen) atoms. The van der Waals surface area contributed by atoms with Crippen LogP contribution in [0.25, 0.3) is 12.3 Å². The summed E-state index contributed by atoms with van der Waals surface area (Å²) in [6.45, 7) is 0. The number of nitrogens with zero attached hydrogens (tertiary/aromatic N) is 3. The van der Waals surface area contributed by atoms with Crippen LogP contribution in [0.2, 0.25) is 0 Å². The Morgan fingerprint density at radius 1 is 1.40 bits per heavy atom. The van der Waals surface area contributed by atoms with Gasteiger partial charge in [-0.3, -0.25) is 0 Å². The molecule has 0 saturated carbocycles. The lowest BCUT2D eigenvalue weighted by molar-refractivity contribution is 0.410. The summed E-state index contributed by atoms with van der Waals surface area (Å²) in [4.78, 5) is 3.95. The van der Waals surface area contributed by atoms with Crippen molar-refractivity contribution in [2.45, 2.75) is 0 Å². The fourth-order valence-electron chi connectivity index (χ4n) is 0.731. The predicted octanol–water partition coefficient (Wildman–Crippen LogP) is 0.707. The van der Waals surface area contributed by atoms with E-state index in [0.29, 0.717) is 0 Å². The molecule has 0 fully saturated rings. The summed E-state index contributed by atoms with van der Waals surface area (Å²) in [6.07, 6.45) is 8.04. The summed E-state index contributed by atoms with van der Waals surface area (Å²) in [6, 6.07) is 0. The van der Waals surface area contributed by atoms with Crippen molar-refractivity contribution in [2.24, 2.45) is 0 Å². The molecule has 0 spiro atoms. The molecule has 1 aromatic heterocycles. The van der Waals surface area contributed by atoms with E-state index < -0.39 is 0 Å². The van der Waals surface area contributed by atoms with Crippen LogP contribution in [0.15, 0.2) is 18.9 Å². The zero-order valence-electron chi connectivity index (χ0n) is 5.14. The quantitative estimate of drug-likeness (QED) is 0.526. The molecule has 1 aliphatic heterocycles. The van der Waals surface area contributed by atoms with E-state index in [1.54, 1.807) is 29.5 Å². The maximum atomic E-state index is 4.87. The van der Waals surface area contributed by atoms with Gasteiger partial charge in [0.2, 0.25) is 0 Å². The van der Waals surface area contributed by atoms with Gasteiger partial charge >= 0.3 is 0 Å². The van der Waals surface area contributed by atoms with E-state index in [2.05, 4.69) is 10.1 Å². The van der Waals surface area contributed by atoms with Gasteiger partial charge in [0.05, 0.1) is 12.5 Å². The minimum atomic E-state index is 0.772. The molecule has 0 aliphatic carbocycles. The van der Waals surface area contributed by atoms with Gasteiger partial charge in [0.15, 0.2) is 5.82 Å². The van der Waals surface area contributed by atoms with Crippen LogP contribution in [-0.4, -0.2) is 14.8 Å². The molecular formula is C6H5N3O. The summed E-state index contributed by atoms with van der Waals surface area (Å²) >= 11 is 0. The van der Waals surface area contributed by atoms with Crippen molar-refractivity contribution in [1.82, 2.24) is 14.8 Å². The normalized spacial score (nSPS) is 14.0. The summed E-state index contributed by atoms with van der Waals surface area (Å²) in [5, 5.41) is 3.90. The number of rotatable bonds is 0. The highest BCUT2D eigenvalue weighted by molar-refractivity contribution is 5.43. The zero-order chi connectivity index (χ0) is 6.81. The summed E-state index contributed by atoms with van der Waals surface area (Å²) in [7, 11) is 0. The van der Waals surface area contributed by atoms with Crippen LogP contribution in [0.5, 0.6) is 0 Å². The molecule has 0 unspecified atom stereocenters. The number of hydrogen-bond donors (Lipinski definition) is 0. The van der Waals surface area contributed by atoms with E-state index in [0.717, 1.165) is 5.82 Å². The second kappa shape index (κ2) is 1.98. The van der Waals surface area contributed by atoms with Crippen molar-refractivity contribution in [3.05, 3.63) is 24.7 Å². The zero-order valence-corrected chi connectivity index (χ0v) is 5.14. The summed E-state index contributed by atoms with van der Waals surface area (Å²) in [5.74, 6) is 0.772.